The minimum absolute atomic E-state index is 0.116. The molecule has 158 valence electrons. The van der Waals surface area contributed by atoms with Crippen molar-refractivity contribution in [3.8, 4) is 22.6 Å². The largest absolute Gasteiger partial charge is 0.455 e. The Morgan fingerprint density at radius 1 is 1.06 bits per heavy atom. The minimum atomic E-state index is -0.322. The second kappa shape index (κ2) is 6.97. The molecule has 0 atom stereocenters. The van der Waals surface area contributed by atoms with Crippen molar-refractivity contribution < 1.29 is 9.13 Å². The smallest absolute Gasteiger partial charge is 0.274 e. The van der Waals surface area contributed by atoms with E-state index in [4.69, 9.17) is 4.74 Å². The van der Waals surface area contributed by atoms with E-state index in [1.165, 1.54) is 16.7 Å². The Balaban J connectivity index is 1.77. The van der Waals surface area contributed by atoms with Crippen molar-refractivity contribution in [1.82, 2.24) is 14.1 Å². The van der Waals surface area contributed by atoms with Crippen LogP contribution in [0.5, 0.6) is 11.5 Å². The zero-order valence-electron chi connectivity index (χ0n) is 17.5. The zero-order chi connectivity index (χ0) is 21.9. The monoisotopic (exact) mass is 419 g/mol. The maximum absolute atomic E-state index is 13.8. The highest BCUT2D eigenvalue weighted by molar-refractivity contribution is 5.95. The molecule has 4 aromatic rings. The van der Waals surface area contributed by atoms with Crippen molar-refractivity contribution in [3.05, 3.63) is 80.5 Å². The van der Waals surface area contributed by atoms with E-state index in [-0.39, 0.29) is 23.0 Å². The molecule has 7 heteroatoms. The summed E-state index contributed by atoms with van der Waals surface area (Å²) in [6.45, 7) is 3.58. The van der Waals surface area contributed by atoms with Crippen LogP contribution in [0.4, 0.5) is 4.39 Å². The first kappa shape index (κ1) is 19.4. The number of fused-ring (bicyclic) bond motifs is 1. The number of rotatable bonds is 4. The molecule has 0 radical (unpaired) electrons. The molecule has 6 nitrogen and oxygen atoms in total. The molecule has 1 aliphatic rings. The second-order valence-corrected chi connectivity index (χ2v) is 8.22. The van der Waals surface area contributed by atoms with Gasteiger partial charge in [-0.15, -0.1) is 0 Å². The highest BCUT2D eigenvalue weighted by Crippen LogP contribution is 2.40. The summed E-state index contributed by atoms with van der Waals surface area (Å²) in [7, 11) is 1.67. The molecular formula is C24H22FN3O3. The number of nitrogens with zero attached hydrogens (tertiary/aromatic N) is 2. The molecule has 0 amide bonds. The number of aromatic amines is 1. The van der Waals surface area contributed by atoms with Crippen molar-refractivity contribution >= 4 is 10.9 Å². The lowest BCUT2D eigenvalue weighted by atomic mass is 10.0. The van der Waals surface area contributed by atoms with Crippen molar-refractivity contribution in [1.29, 1.82) is 0 Å². The molecule has 3 aromatic heterocycles. The van der Waals surface area contributed by atoms with Crippen LogP contribution in [0, 0.1) is 19.7 Å². The molecular weight excluding hydrogens is 397 g/mol. The fourth-order valence-corrected chi connectivity index (χ4v) is 4.11. The maximum atomic E-state index is 13.8. The summed E-state index contributed by atoms with van der Waals surface area (Å²) < 4.78 is 23.3. The third-order valence-electron chi connectivity index (χ3n) is 5.81. The molecule has 0 spiro atoms. The minimum Gasteiger partial charge on any atom is -0.455 e. The summed E-state index contributed by atoms with van der Waals surface area (Å²) in [5, 5.41) is 0.712. The third-order valence-corrected chi connectivity index (χ3v) is 5.81. The van der Waals surface area contributed by atoms with Gasteiger partial charge in [0, 0.05) is 48.1 Å². The third kappa shape index (κ3) is 3.26. The van der Waals surface area contributed by atoms with Gasteiger partial charge >= 0.3 is 0 Å². The average molecular weight is 419 g/mol. The summed E-state index contributed by atoms with van der Waals surface area (Å²) in [6, 6.07) is 6.40. The first-order chi connectivity index (χ1) is 14.8. The van der Waals surface area contributed by atoms with Crippen molar-refractivity contribution in [2.45, 2.75) is 32.7 Å². The lowest BCUT2D eigenvalue weighted by Crippen LogP contribution is -2.19. The number of pyridine rings is 2. The number of H-pyrrole nitrogens is 1. The van der Waals surface area contributed by atoms with Gasteiger partial charge in [-0.2, -0.15) is 0 Å². The molecule has 0 saturated heterocycles. The van der Waals surface area contributed by atoms with Gasteiger partial charge in [-0.3, -0.25) is 9.59 Å². The van der Waals surface area contributed by atoms with E-state index in [0.717, 1.165) is 12.8 Å². The van der Waals surface area contributed by atoms with Crippen molar-refractivity contribution in [3.63, 3.8) is 0 Å². The lowest BCUT2D eigenvalue weighted by Gasteiger charge is -2.18. The van der Waals surface area contributed by atoms with Crippen LogP contribution in [0.15, 0.2) is 52.4 Å². The van der Waals surface area contributed by atoms with E-state index in [1.54, 1.807) is 50.1 Å². The van der Waals surface area contributed by atoms with Crippen LogP contribution in [0.2, 0.25) is 0 Å². The van der Waals surface area contributed by atoms with Gasteiger partial charge in [0.05, 0.1) is 6.20 Å². The summed E-state index contributed by atoms with van der Waals surface area (Å²) in [5.74, 6) is 0.724. The number of aromatic nitrogens is 3. The Morgan fingerprint density at radius 2 is 1.77 bits per heavy atom. The highest BCUT2D eigenvalue weighted by Gasteiger charge is 2.27. The SMILES string of the molecule is Cc1cc(F)cc(C)c1Oc1cn(C2CC2)c(=O)cc1-c1cn(C)c(=O)c2[nH]ccc12. The molecule has 1 N–H and O–H groups in total. The van der Waals surface area contributed by atoms with Gasteiger partial charge in [0.2, 0.25) is 0 Å². The lowest BCUT2D eigenvalue weighted by molar-refractivity contribution is 0.465. The molecule has 1 aliphatic carbocycles. The molecule has 0 bridgehead atoms. The Bertz CT molecular complexity index is 1430. The average Bonchev–Trinajstić information content (AvgIpc) is 3.43. The molecule has 0 unspecified atom stereocenters. The van der Waals surface area contributed by atoms with E-state index in [9.17, 15) is 14.0 Å². The van der Waals surface area contributed by atoms with Crippen LogP contribution >= 0.6 is 0 Å². The quantitative estimate of drug-likeness (QED) is 0.527. The Kier molecular flexibility index (Phi) is 4.36. The van der Waals surface area contributed by atoms with Gasteiger partial charge in [-0.25, -0.2) is 4.39 Å². The number of ether oxygens (including phenoxy) is 1. The molecule has 0 aliphatic heterocycles. The molecule has 1 saturated carbocycles. The number of hydrogen-bond acceptors (Lipinski definition) is 3. The van der Waals surface area contributed by atoms with E-state index in [1.807, 2.05) is 6.07 Å². The van der Waals surface area contributed by atoms with Gasteiger partial charge in [0.25, 0.3) is 11.1 Å². The van der Waals surface area contributed by atoms with Crippen LogP contribution in [-0.2, 0) is 7.05 Å². The molecule has 1 aromatic carbocycles. The van der Waals surface area contributed by atoms with Crippen LogP contribution in [0.25, 0.3) is 22.0 Å². The van der Waals surface area contributed by atoms with Crippen LogP contribution < -0.4 is 15.9 Å². The van der Waals surface area contributed by atoms with Crippen LogP contribution in [0.3, 0.4) is 0 Å². The zero-order valence-corrected chi connectivity index (χ0v) is 17.5. The topological polar surface area (TPSA) is 69.0 Å². The standard InChI is InChI=1S/C24H22FN3O3/c1-13-8-15(25)9-14(2)23(13)31-20-12-28(16-4-5-16)21(29)10-18(20)19-11-27(3)24(30)22-17(19)6-7-26-22/h6-12,16,26H,4-5H2,1-3H3. The molecule has 5 rings (SSSR count). The van der Waals surface area contributed by atoms with Gasteiger partial charge < -0.3 is 18.9 Å². The van der Waals surface area contributed by atoms with Crippen LogP contribution in [-0.4, -0.2) is 14.1 Å². The fraction of sp³-hybridized carbons (Fsp3) is 0.250. The predicted molar refractivity (Wildman–Crippen MR) is 117 cm³/mol. The van der Waals surface area contributed by atoms with Crippen molar-refractivity contribution in [2.75, 3.05) is 0 Å². The van der Waals surface area contributed by atoms with E-state index < -0.39 is 0 Å². The number of halogens is 1. The Morgan fingerprint density at radius 3 is 2.45 bits per heavy atom. The number of benzene rings is 1. The van der Waals surface area contributed by atoms with E-state index in [2.05, 4.69) is 4.98 Å². The molecule has 3 heterocycles. The molecule has 1 fully saturated rings. The highest BCUT2D eigenvalue weighted by atomic mass is 19.1. The first-order valence-electron chi connectivity index (χ1n) is 10.2. The Hall–Kier alpha value is -3.61. The van der Waals surface area contributed by atoms with E-state index in [0.29, 0.717) is 44.7 Å². The summed E-state index contributed by atoms with van der Waals surface area (Å²) in [4.78, 5) is 28.4. The van der Waals surface area contributed by atoms with Gasteiger partial charge in [0.15, 0.2) is 5.75 Å². The van der Waals surface area contributed by atoms with Gasteiger partial charge in [-0.1, -0.05) is 0 Å². The summed E-state index contributed by atoms with van der Waals surface area (Å²) in [5.41, 5.74) is 2.83. The molecule has 31 heavy (non-hydrogen) atoms. The first-order valence-corrected chi connectivity index (χ1v) is 10.2. The van der Waals surface area contributed by atoms with E-state index >= 15 is 0 Å². The Labute approximate surface area is 177 Å². The number of aryl methyl sites for hydroxylation is 3. The maximum Gasteiger partial charge on any atom is 0.274 e. The summed E-state index contributed by atoms with van der Waals surface area (Å²) >= 11 is 0. The number of hydrogen-bond donors (Lipinski definition) is 1. The second-order valence-electron chi connectivity index (χ2n) is 8.22. The normalized spacial score (nSPS) is 13.7. The van der Waals surface area contributed by atoms with Gasteiger partial charge in [-0.05, 0) is 56.0 Å². The van der Waals surface area contributed by atoms with Crippen LogP contribution in [0.1, 0.15) is 30.0 Å². The summed E-state index contributed by atoms with van der Waals surface area (Å²) in [6.07, 6.45) is 7.06. The number of nitrogens with one attached hydrogen (secondary N) is 1. The predicted octanol–water partition coefficient (Wildman–Crippen LogP) is 4.58. The van der Waals surface area contributed by atoms with Gasteiger partial charge in [0.1, 0.15) is 17.1 Å². The van der Waals surface area contributed by atoms with Crippen molar-refractivity contribution in [2.24, 2.45) is 7.05 Å². The fourth-order valence-electron chi connectivity index (χ4n) is 4.11.